The number of aryl methyl sites for hydroxylation is 1. The number of aromatic nitrogens is 1. The number of carbonyl (C=O) groups is 1. The lowest BCUT2D eigenvalue weighted by molar-refractivity contribution is -0.131. The SMILES string of the molecule is CC[C@@H](N)C(=O)N(C)Cc1cnc(C)s1. The summed E-state index contributed by atoms with van der Waals surface area (Å²) in [7, 11) is 1.77. The maximum Gasteiger partial charge on any atom is 0.239 e. The van der Waals surface area contributed by atoms with Crippen LogP contribution in [0.15, 0.2) is 6.20 Å². The number of amides is 1. The van der Waals surface area contributed by atoms with E-state index >= 15 is 0 Å². The quantitative estimate of drug-likeness (QED) is 0.839. The van der Waals surface area contributed by atoms with Gasteiger partial charge in [0.2, 0.25) is 5.91 Å². The van der Waals surface area contributed by atoms with Crippen molar-refractivity contribution in [1.82, 2.24) is 9.88 Å². The highest BCUT2D eigenvalue weighted by molar-refractivity contribution is 7.11. The number of carbonyl (C=O) groups excluding carboxylic acids is 1. The molecule has 0 aromatic carbocycles. The molecule has 0 aliphatic carbocycles. The molecule has 0 aliphatic heterocycles. The van der Waals surface area contributed by atoms with Crippen molar-refractivity contribution in [3.05, 3.63) is 16.1 Å². The minimum absolute atomic E-state index is 0.0106. The summed E-state index contributed by atoms with van der Waals surface area (Å²) in [6, 6.07) is -0.385. The highest BCUT2D eigenvalue weighted by Crippen LogP contribution is 2.13. The van der Waals surface area contributed by atoms with Crippen molar-refractivity contribution < 1.29 is 4.79 Å². The van der Waals surface area contributed by atoms with Gasteiger partial charge in [0.25, 0.3) is 0 Å². The van der Waals surface area contributed by atoms with Gasteiger partial charge < -0.3 is 10.6 Å². The highest BCUT2D eigenvalue weighted by Gasteiger charge is 2.16. The fourth-order valence-electron chi connectivity index (χ4n) is 1.25. The fraction of sp³-hybridized carbons (Fsp3) is 0.600. The molecule has 1 aromatic heterocycles. The van der Waals surface area contributed by atoms with Crippen molar-refractivity contribution in [3.63, 3.8) is 0 Å². The zero-order valence-electron chi connectivity index (χ0n) is 9.36. The number of rotatable bonds is 4. The van der Waals surface area contributed by atoms with Crippen LogP contribution in [-0.2, 0) is 11.3 Å². The van der Waals surface area contributed by atoms with Crippen LogP contribution in [0.25, 0.3) is 0 Å². The van der Waals surface area contributed by atoms with Gasteiger partial charge in [-0.3, -0.25) is 4.79 Å². The fourth-order valence-corrected chi connectivity index (χ4v) is 2.10. The molecule has 2 N–H and O–H groups in total. The number of hydrogen-bond donors (Lipinski definition) is 1. The second-order valence-electron chi connectivity index (χ2n) is 3.55. The Labute approximate surface area is 94.1 Å². The van der Waals surface area contributed by atoms with Gasteiger partial charge in [-0.2, -0.15) is 0 Å². The molecule has 0 bridgehead atoms. The Kier molecular flexibility index (Phi) is 4.23. The molecule has 1 heterocycles. The zero-order valence-corrected chi connectivity index (χ0v) is 10.2. The van der Waals surface area contributed by atoms with Crippen LogP contribution < -0.4 is 5.73 Å². The Morgan fingerprint density at radius 1 is 1.73 bits per heavy atom. The summed E-state index contributed by atoms with van der Waals surface area (Å²) in [6.45, 7) is 4.46. The number of likely N-dealkylation sites (N-methyl/N-ethyl adjacent to an activating group) is 1. The predicted molar refractivity (Wildman–Crippen MR) is 61.6 cm³/mol. The Morgan fingerprint density at radius 3 is 2.87 bits per heavy atom. The number of thiazole rings is 1. The van der Waals surface area contributed by atoms with Gasteiger partial charge in [-0.1, -0.05) is 6.92 Å². The van der Waals surface area contributed by atoms with Gasteiger partial charge >= 0.3 is 0 Å². The van der Waals surface area contributed by atoms with Crippen molar-refractivity contribution >= 4 is 17.2 Å². The molecule has 1 atom stereocenters. The second-order valence-corrected chi connectivity index (χ2v) is 4.87. The van der Waals surface area contributed by atoms with Crippen LogP contribution in [0.4, 0.5) is 0 Å². The number of nitrogens with two attached hydrogens (primary N) is 1. The molecule has 84 valence electrons. The first-order chi connectivity index (χ1) is 7.04. The minimum atomic E-state index is -0.385. The Hall–Kier alpha value is -0.940. The lowest BCUT2D eigenvalue weighted by Gasteiger charge is -2.19. The van der Waals surface area contributed by atoms with E-state index in [-0.39, 0.29) is 11.9 Å². The van der Waals surface area contributed by atoms with Gasteiger partial charge in [-0.15, -0.1) is 11.3 Å². The lowest BCUT2D eigenvalue weighted by atomic mass is 10.2. The number of nitrogens with zero attached hydrogens (tertiary/aromatic N) is 2. The second kappa shape index (κ2) is 5.23. The van der Waals surface area contributed by atoms with Crippen LogP contribution in [-0.4, -0.2) is 28.9 Å². The Bertz CT molecular complexity index is 337. The van der Waals surface area contributed by atoms with E-state index in [0.29, 0.717) is 13.0 Å². The van der Waals surface area contributed by atoms with Crippen molar-refractivity contribution in [1.29, 1.82) is 0 Å². The third-order valence-electron chi connectivity index (χ3n) is 2.20. The van der Waals surface area contributed by atoms with E-state index in [9.17, 15) is 4.79 Å². The van der Waals surface area contributed by atoms with E-state index in [4.69, 9.17) is 5.73 Å². The Balaban J connectivity index is 2.55. The molecule has 0 saturated carbocycles. The summed E-state index contributed by atoms with van der Waals surface area (Å²) in [6.07, 6.45) is 2.48. The third-order valence-corrected chi connectivity index (χ3v) is 3.09. The van der Waals surface area contributed by atoms with Crippen LogP contribution >= 0.6 is 11.3 Å². The highest BCUT2D eigenvalue weighted by atomic mass is 32.1. The van der Waals surface area contributed by atoms with Gasteiger partial charge in [-0.25, -0.2) is 4.98 Å². The molecule has 0 saturated heterocycles. The first-order valence-electron chi connectivity index (χ1n) is 4.96. The van der Waals surface area contributed by atoms with Crippen molar-refractivity contribution in [2.45, 2.75) is 32.9 Å². The third kappa shape index (κ3) is 3.28. The summed E-state index contributed by atoms with van der Waals surface area (Å²) in [5, 5.41) is 1.02. The Morgan fingerprint density at radius 2 is 2.40 bits per heavy atom. The molecule has 0 unspecified atom stereocenters. The molecule has 15 heavy (non-hydrogen) atoms. The normalized spacial score (nSPS) is 12.5. The van der Waals surface area contributed by atoms with Gasteiger partial charge in [0.15, 0.2) is 0 Å². The maximum atomic E-state index is 11.7. The van der Waals surface area contributed by atoms with Gasteiger partial charge in [0.05, 0.1) is 17.6 Å². The summed E-state index contributed by atoms with van der Waals surface area (Å²) in [5.74, 6) is -0.0106. The molecule has 1 aromatic rings. The van der Waals surface area contributed by atoms with E-state index in [0.717, 1.165) is 9.88 Å². The summed E-state index contributed by atoms with van der Waals surface area (Å²) < 4.78 is 0. The monoisotopic (exact) mass is 227 g/mol. The largest absolute Gasteiger partial charge is 0.339 e. The minimum Gasteiger partial charge on any atom is -0.339 e. The summed E-state index contributed by atoms with van der Waals surface area (Å²) in [5.41, 5.74) is 5.67. The lowest BCUT2D eigenvalue weighted by Crippen LogP contribution is -2.40. The van der Waals surface area contributed by atoms with Crippen LogP contribution in [0.1, 0.15) is 23.2 Å². The molecule has 0 spiro atoms. The van der Waals surface area contributed by atoms with Crippen LogP contribution in [0.2, 0.25) is 0 Å². The average Bonchev–Trinajstić information content (AvgIpc) is 2.61. The average molecular weight is 227 g/mol. The topological polar surface area (TPSA) is 59.2 Å². The van der Waals surface area contributed by atoms with Crippen LogP contribution in [0, 0.1) is 6.92 Å². The van der Waals surface area contributed by atoms with Gasteiger partial charge in [0.1, 0.15) is 0 Å². The first-order valence-corrected chi connectivity index (χ1v) is 5.78. The smallest absolute Gasteiger partial charge is 0.239 e. The van der Waals surface area contributed by atoms with Crippen molar-refractivity contribution in [2.75, 3.05) is 7.05 Å². The van der Waals surface area contributed by atoms with Crippen molar-refractivity contribution in [3.8, 4) is 0 Å². The van der Waals surface area contributed by atoms with E-state index in [1.165, 1.54) is 0 Å². The molecular weight excluding hydrogens is 210 g/mol. The van der Waals surface area contributed by atoms with Crippen LogP contribution in [0.3, 0.4) is 0 Å². The zero-order chi connectivity index (χ0) is 11.4. The van der Waals surface area contributed by atoms with Gasteiger partial charge in [-0.05, 0) is 13.3 Å². The standard InChI is InChI=1S/C10H17N3OS/c1-4-9(11)10(14)13(3)6-8-5-12-7(2)15-8/h5,9H,4,6,11H2,1-3H3/t9-/m1/s1. The van der Waals surface area contributed by atoms with E-state index in [1.807, 2.05) is 13.8 Å². The molecule has 1 rings (SSSR count). The van der Waals surface area contributed by atoms with E-state index in [2.05, 4.69) is 4.98 Å². The molecular formula is C10H17N3OS. The van der Waals surface area contributed by atoms with Gasteiger partial charge in [0, 0.05) is 18.1 Å². The molecule has 4 nitrogen and oxygen atoms in total. The molecule has 5 heteroatoms. The predicted octanol–water partition coefficient (Wildman–Crippen LogP) is 1.15. The van der Waals surface area contributed by atoms with E-state index in [1.54, 1.807) is 29.5 Å². The van der Waals surface area contributed by atoms with Crippen molar-refractivity contribution in [2.24, 2.45) is 5.73 Å². The molecule has 0 aliphatic rings. The molecule has 0 radical (unpaired) electrons. The molecule has 0 fully saturated rings. The first kappa shape index (κ1) is 12.1. The molecule has 1 amide bonds. The van der Waals surface area contributed by atoms with E-state index < -0.39 is 0 Å². The number of hydrogen-bond acceptors (Lipinski definition) is 4. The summed E-state index contributed by atoms with van der Waals surface area (Å²) >= 11 is 1.61. The summed E-state index contributed by atoms with van der Waals surface area (Å²) in [4.78, 5) is 18.6. The maximum absolute atomic E-state index is 11.7. The van der Waals surface area contributed by atoms with Crippen LogP contribution in [0.5, 0.6) is 0 Å².